The molecule has 0 aromatic heterocycles. The lowest BCUT2D eigenvalue weighted by atomic mass is 9.91. The van der Waals surface area contributed by atoms with Gasteiger partial charge in [0, 0.05) is 12.1 Å². The normalized spacial score (nSPS) is 11.8. The van der Waals surface area contributed by atoms with Crippen molar-refractivity contribution in [3.05, 3.63) is 76.8 Å². The summed E-state index contributed by atoms with van der Waals surface area (Å²) in [5, 5.41) is 20.2. The van der Waals surface area contributed by atoms with E-state index in [0.717, 1.165) is 21.5 Å². The number of nitro groups is 1. The molecule has 0 heterocycles. The molecule has 0 aliphatic rings. The van der Waals surface area contributed by atoms with Crippen LogP contribution in [0.4, 0.5) is 5.69 Å². The number of non-ortho nitro benzene ring substituents is 1. The second kappa shape index (κ2) is 4.17. The minimum Gasteiger partial charge on any atom is -0.258 e. The van der Waals surface area contributed by atoms with Gasteiger partial charge in [-0.15, -0.1) is 0 Å². The van der Waals surface area contributed by atoms with Gasteiger partial charge in [0.2, 0.25) is 0 Å². The maximum atomic E-state index is 11.0. The van der Waals surface area contributed by atoms with Gasteiger partial charge in [-0.25, -0.2) is 0 Å². The maximum Gasteiger partial charge on any atom is 0.270 e. The highest BCUT2D eigenvalue weighted by atomic mass is 16.6. The largest absolute Gasteiger partial charge is 0.270 e. The van der Waals surface area contributed by atoms with E-state index in [-0.39, 0.29) is 10.6 Å². The summed E-state index contributed by atoms with van der Waals surface area (Å²) in [6.07, 6.45) is 0. The van der Waals surface area contributed by atoms with Crippen molar-refractivity contribution in [2.75, 3.05) is 0 Å². The van der Waals surface area contributed by atoms with Gasteiger partial charge in [-0.3, -0.25) is 10.1 Å². The van der Waals surface area contributed by atoms with Crippen LogP contribution in [0.5, 0.6) is 0 Å². The minimum atomic E-state index is -0.344. The SMILES string of the molecule is O=[N+]([O-])c1ccc2c(c1)cc1ccc3cccc4ccc2c1c34. The van der Waals surface area contributed by atoms with Crippen molar-refractivity contribution in [3.8, 4) is 0 Å². The number of fused-ring (bicyclic) bond motifs is 2. The van der Waals surface area contributed by atoms with Crippen LogP contribution in [0, 0.1) is 10.1 Å². The average molecular weight is 297 g/mol. The molecule has 0 aliphatic heterocycles. The van der Waals surface area contributed by atoms with Crippen LogP contribution in [0.2, 0.25) is 0 Å². The van der Waals surface area contributed by atoms with Crippen LogP contribution in [0.1, 0.15) is 0 Å². The molecule has 0 fully saturated rings. The minimum absolute atomic E-state index is 0.130. The van der Waals surface area contributed by atoms with Gasteiger partial charge in [0.15, 0.2) is 0 Å². The molecule has 0 unspecified atom stereocenters. The number of rotatable bonds is 1. The van der Waals surface area contributed by atoms with Gasteiger partial charge in [-0.2, -0.15) is 0 Å². The Balaban J connectivity index is 2.06. The summed E-state index contributed by atoms with van der Waals surface area (Å²) >= 11 is 0. The van der Waals surface area contributed by atoms with Crippen molar-refractivity contribution < 1.29 is 4.92 Å². The highest BCUT2D eigenvalue weighted by Gasteiger charge is 2.13. The van der Waals surface area contributed by atoms with Crippen molar-refractivity contribution in [1.82, 2.24) is 0 Å². The molecule has 3 heteroatoms. The van der Waals surface area contributed by atoms with Gasteiger partial charge >= 0.3 is 0 Å². The first kappa shape index (κ1) is 12.4. The van der Waals surface area contributed by atoms with Gasteiger partial charge in [-0.1, -0.05) is 42.5 Å². The van der Waals surface area contributed by atoms with Crippen LogP contribution >= 0.6 is 0 Å². The van der Waals surface area contributed by atoms with E-state index in [9.17, 15) is 10.1 Å². The molecule has 0 saturated carbocycles. The van der Waals surface area contributed by atoms with Crippen LogP contribution < -0.4 is 0 Å². The molecule has 0 atom stereocenters. The molecular formula is C20H11NO2. The number of hydrogen-bond donors (Lipinski definition) is 0. The Labute approximate surface area is 131 Å². The molecule has 0 spiro atoms. The fourth-order valence-electron chi connectivity index (χ4n) is 3.65. The Kier molecular flexibility index (Phi) is 2.24. The van der Waals surface area contributed by atoms with Crippen LogP contribution in [0.25, 0.3) is 43.1 Å². The number of hydrogen-bond acceptors (Lipinski definition) is 2. The molecule has 0 saturated heterocycles. The van der Waals surface area contributed by atoms with Crippen molar-refractivity contribution in [3.63, 3.8) is 0 Å². The highest BCUT2D eigenvalue weighted by Crippen LogP contribution is 2.38. The maximum absolute atomic E-state index is 11.0. The summed E-state index contributed by atoms with van der Waals surface area (Å²) in [7, 11) is 0. The Hall–Kier alpha value is -3.20. The molecule has 23 heavy (non-hydrogen) atoms. The second-order valence-electron chi connectivity index (χ2n) is 5.90. The molecule has 0 amide bonds. The van der Waals surface area contributed by atoms with E-state index in [1.807, 2.05) is 6.07 Å². The summed E-state index contributed by atoms with van der Waals surface area (Å²) in [5.74, 6) is 0. The predicted octanol–water partition coefficient (Wildman–Crippen LogP) is 5.65. The first-order valence-corrected chi connectivity index (χ1v) is 7.47. The molecule has 108 valence electrons. The van der Waals surface area contributed by atoms with Crippen molar-refractivity contribution >= 4 is 48.8 Å². The summed E-state index contributed by atoms with van der Waals surface area (Å²) in [5.41, 5.74) is 0.130. The Bertz CT molecular complexity index is 1220. The molecule has 5 aromatic rings. The zero-order valence-corrected chi connectivity index (χ0v) is 12.1. The summed E-state index contributed by atoms with van der Waals surface area (Å²) < 4.78 is 0. The molecule has 0 N–H and O–H groups in total. The fraction of sp³-hybridized carbons (Fsp3) is 0. The Morgan fingerprint density at radius 3 is 2.13 bits per heavy atom. The lowest BCUT2D eigenvalue weighted by molar-refractivity contribution is -0.384. The predicted molar refractivity (Wildman–Crippen MR) is 94.3 cm³/mol. The molecular weight excluding hydrogens is 286 g/mol. The van der Waals surface area contributed by atoms with Gasteiger partial charge in [0.1, 0.15) is 0 Å². The average Bonchev–Trinajstić information content (AvgIpc) is 2.58. The van der Waals surface area contributed by atoms with Gasteiger partial charge in [0.25, 0.3) is 5.69 Å². The van der Waals surface area contributed by atoms with Gasteiger partial charge in [-0.05, 0) is 55.2 Å². The van der Waals surface area contributed by atoms with E-state index in [2.05, 4.69) is 48.5 Å². The number of nitro benzene ring substituents is 1. The van der Waals surface area contributed by atoms with E-state index >= 15 is 0 Å². The first-order valence-electron chi connectivity index (χ1n) is 7.47. The number of nitrogens with zero attached hydrogens (tertiary/aromatic N) is 1. The lowest BCUT2D eigenvalue weighted by Gasteiger charge is -2.12. The topological polar surface area (TPSA) is 43.1 Å². The monoisotopic (exact) mass is 297 g/mol. The van der Waals surface area contributed by atoms with Crippen molar-refractivity contribution in [2.45, 2.75) is 0 Å². The van der Waals surface area contributed by atoms with Crippen LogP contribution in [0.3, 0.4) is 0 Å². The fourth-order valence-corrected chi connectivity index (χ4v) is 3.65. The second-order valence-corrected chi connectivity index (χ2v) is 5.90. The van der Waals surface area contributed by atoms with E-state index < -0.39 is 0 Å². The zero-order valence-electron chi connectivity index (χ0n) is 12.1. The highest BCUT2D eigenvalue weighted by molar-refractivity contribution is 6.28. The third-order valence-electron chi connectivity index (χ3n) is 4.66. The van der Waals surface area contributed by atoms with Crippen LogP contribution in [-0.2, 0) is 0 Å². The van der Waals surface area contributed by atoms with E-state index in [0.29, 0.717) is 0 Å². The third kappa shape index (κ3) is 1.59. The molecule has 5 aromatic carbocycles. The molecule has 3 nitrogen and oxygen atoms in total. The summed E-state index contributed by atoms with van der Waals surface area (Å²) in [6.45, 7) is 0. The third-order valence-corrected chi connectivity index (χ3v) is 4.66. The Morgan fingerprint density at radius 2 is 1.35 bits per heavy atom. The molecule has 0 bridgehead atoms. The molecule has 0 aliphatic carbocycles. The van der Waals surface area contributed by atoms with Gasteiger partial charge < -0.3 is 0 Å². The lowest BCUT2D eigenvalue weighted by Crippen LogP contribution is -1.89. The van der Waals surface area contributed by atoms with Crippen LogP contribution in [-0.4, -0.2) is 4.92 Å². The van der Waals surface area contributed by atoms with Crippen molar-refractivity contribution in [2.24, 2.45) is 0 Å². The smallest absolute Gasteiger partial charge is 0.258 e. The standard InChI is InChI=1S/C20H11NO2/c22-21(23)16-7-9-17-15(11-16)10-14-5-4-12-2-1-3-13-6-8-18(17)20(14)19(12)13/h1-11H. The summed E-state index contributed by atoms with van der Waals surface area (Å²) in [4.78, 5) is 10.7. The molecule has 0 radical (unpaired) electrons. The number of benzene rings is 5. The summed E-state index contributed by atoms with van der Waals surface area (Å²) in [6, 6.07) is 21.9. The zero-order chi connectivity index (χ0) is 15.6. The van der Waals surface area contributed by atoms with E-state index in [1.54, 1.807) is 12.1 Å². The van der Waals surface area contributed by atoms with Gasteiger partial charge in [0.05, 0.1) is 4.92 Å². The van der Waals surface area contributed by atoms with E-state index in [1.165, 1.54) is 21.5 Å². The van der Waals surface area contributed by atoms with Crippen molar-refractivity contribution in [1.29, 1.82) is 0 Å². The first-order chi connectivity index (χ1) is 11.2. The molecule has 5 rings (SSSR count). The Morgan fingerprint density at radius 1 is 0.652 bits per heavy atom. The van der Waals surface area contributed by atoms with Crippen LogP contribution in [0.15, 0.2) is 66.7 Å². The van der Waals surface area contributed by atoms with E-state index in [4.69, 9.17) is 0 Å². The quantitative estimate of drug-likeness (QED) is 0.174.